The van der Waals surface area contributed by atoms with Crippen molar-refractivity contribution in [3.8, 4) is 0 Å². The van der Waals surface area contributed by atoms with E-state index in [1.165, 1.54) is 11.3 Å². The fraction of sp³-hybridized carbons (Fsp3) is 0.190. The molecule has 3 aromatic rings. The van der Waals surface area contributed by atoms with Gasteiger partial charge in [0.05, 0.1) is 4.90 Å². The van der Waals surface area contributed by atoms with E-state index in [9.17, 15) is 13.2 Å². The van der Waals surface area contributed by atoms with Gasteiger partial charge in [-0.25, -0.2) is 13.1 Å². The molecular weight excluding hydrogens is 420 g/mol. The molecule has 0 saturated carbocycles. The normalized spacial score (nSPS) is 12.0. The number of hydrogen-bond acceptors (Lipinski definition) is 6. The molecule has 0 atom stereocenters. The van der Waals surface area contributed by atoms with Crippen molar-refractivity contribution in [2.24, 2.45) is 0 Å². The molecule has 2 N–H and O–H groups in total. The summed E-state index contributed by atoms with van der Waals surface area (Å²) in [5.74, 6) is -0.262. The lowest BCUT2D eigenvalue weighted by molar-refractivity contribution is -0.112. The van der Waals surface area contributed by atoms with E-state index < -0.39 is 10.0 Å². The van der Waals surface area contributed by atoms with Crippen molar-refractivity contribution in [2.75, 3.05) is 11.9 Å². The largest absolute Gasteiger partial charge is 0.297 e. The van der Waals surface area contributed by atoms with Crippen molar-refractivity contribution < 1.29 is 13.2 Å². The predicted octanol–water partition coefficient (Wildman–Crippen LogP) is 3.41. The molecule has 0 bridgehead atoms. The number of nitrogens with one attached hydrogen (secondary N) is 2. The van der Waals surface area contributed by atoms with Crippen molar-refractivity contribution in [2.45, 2.75) is 25.2 Å². The van der Waals surface area contributed by atoms with Gasteiger partial charge in [-0.3, -0.25) is 10.1 Å². The smallest absolute Gasteiger partial charge is 0.253 e. The van der Waals surface area contributed by atoms with Crippen molar-refractivity contribution in [1.82, 2.24) is 14.9 Å². The Bertz CT molecular complexity index is 1140. The minimum absolute atomic E-state index is 0.186. The van der Waals surface area contributed by atoms with Gasteiger partial charge in [0.25, 0.3) is 5.91 Å². The Labute approximate surface area is 179 Å². The van der Waals surface area contributed by atoms with Gasteiger partial charge in [0.2, 0.25) is 15.2 Å². The Hall–Kier alpha value is -2.88. The molecule has 0 aliphatic carbocycles. The third kappa shape index (κ3) is 6.06. The van der Waals surface area contributed by atoms with Crippen LogP contribution in [-0.4, -0.2) is 31.1 Å². The van der Waals surface area contributed by atoms with Crippen molar-refractivity contribution in [3.63, 3.8) is 0 Å². The fourth-order valence-corrected chi connectivity index (χ4v) is 4.32. The molecule has 1 amide bonds. The monoisotopic (exact) mass is 442 g/mol. The quantitative estimate of drug-likeness (QED) is 0.521. The van der Waals surface area contributed by atoms with Crippen molar-refractivity contribution >= 4 is 38.5 Å². The first-order chi connectivity index (χ1) is 14.3. The maximum Gasteiger partial charge on any atom is 0.253 e. The zero-order valence-corrected chi connectivity index (χ0v) is 18.3. The number of aromatic nitrogens is 2. The van der Waals surface area contributed by atoms with Gasteiger partial charge in [0.1, 0.15) is 5.01 Å². The topological polar surface area (TPSA) is 101 Å². The number of amides is 1. The lowest BCUT2D eigenvalue weighted by atomic mass is 10.1. The molecule has 1 aromatic heterocycles. The molecule has 9 heteroatoms. The van der Waals surface area contributed by atoms with Crippen LogP contribution >= 0.6 is 11.3 Å². The van der Waals surface area contributed by atoms with Crippen LogP contribution in [0, 0.1) is 6.92 Å². The Morgan fingerprint density at radius 2 is 1.77 bits per heavy atom. The molecule has 0 unspecified atom stereocenters. The SMILES string of the molecule is C/C(=C\c1ccccc1)C(=O)Nc1nnc(CCNS(=O)(=O)c2ccc(C)cc2)s1. The summed E-state index contributed by atoms with van der Waals surface area (Å²) in [5.41, 5.74) is 2.47. The highest BCUT2D eigenvalue weighted by Gasteiger charge is 2.14. The zero-order valence-electron chi connectivity index (χ0n) is 16.6. The lowest BCUT2D eigenvalue weighted by Gasteiger charge is -2.05. The summed E-state index contributed by atoms with van der Waals surface area (Å²) >= 11 is 1.22. The van der Waals surface area contributed by atoms with E-state index in [1.54, 1.807) is 37.3 Å². The van der Waals surface area contributed by atoms with Crippen LogP contribution in [0.15, 0.2) is 65.1 Å². The van der Waals surface area contributed by atoms with Crippen LogP contribution in [0.25, 0.3) is 6.08 Å². The average molecular weight is 443 g/mol. The number of benzene rings is 2. The third-order valence-corrected chi connectivity index (χ3v) is 6.57. The summed E-state index contributed by atoms with van der Waals surface area (Å²) in [7, 11) is -3.57. The second kappa shape index (κ2) is 9.75. The number of sulfonamides is 1. The Kier molecular flexibility index (Phi) is 7.09. The molecule has 3 rings (SSSR count). The van der Waals surface area contributed by atoms with Crippen LogP contribution in [0.4, 0.5) is 5.13 Å². The second-order valence-electron chi connectivity index (χ2n) is 6.65. The summed E-state index contributed by atoms with van der Waals surface area (Å²) in [5, 5.41) is 11.7. The van der Waals surface area contributed by atoms with E-state index in [-0.39, 0.29) is 17.3 Å². The van der Waals surface area contributed by atoms with Gasteiger partial charge in [-0.1, -0.05) is 59.4 Å². The average Bonchev–Trinajstić information content (AvgIpc) is 3.16. The first kappa shape index (κ1) is 21.8. The van der Waals surface area contributed by atoms with Crippen molar-refractivity contribution in [1.29, 1.82) is 0 Å². The highest BCUT2D eigenvalue weighted by Crippen LogP contribution is 2.17. The molecule has 7 nitrogen and oxygen atoms in total. The molecule has 0 fully saturated rings. The molecule has 0 spiro atoms. The van der Waals surface area contributed by atoms with Gasteiger partial charge in [0, 0.05) is 18.5 Å². The maximum atomic E-state index is 12.3. The summed E-state index contributed by atoms with van der Waals surface area (Å²) in [6.45, 7) is 3.81. The number of nitrogens with zero attached hydrogens (tertiary/aromatic N) is 2. The van der Waals surface area contributed by atoms with Crippen LogP contribution in [0.5, 0.6) is 0 Å². The first-order valence-corrected chi connectivity index (χ1v) is 11.6. The molecule has 0 saturated heterocycles. The van der Waals surface area contributed by atoms with Crippen LogP contribution in [-0.2, 0) is 21.2 Å². The van der Waals surface area contributed by atoms with Crippen LogP contribution < -0.4 is 10.0 Å². The molecule has 0 aliphatic rings. The van der Waals surface area contributed by atoms with Gasteiger partial charge in [-0.15, -0.1) is 10.2 Å². The molecule has 156 valence electrons. The van der Waals surface area contributed by atoms with Gasteiger partial charge >= 0.3 is 0 Å². The molecular formula is C21H22N4O3S2. The second-order valence-corrected chi connectivity index (χ2v) is 9.48. The standard InChI is InChI=1S/C21H22N4O3S2/c1-15-8-10-18(11-9-15)30(27,28)22-13-12-19-24-25-21(29-19)23-20(26)16(2)14-17-6-4-3-5-7-17/h3-11,14,22H,12-13H2,1-2H3,(H,23,25,26)/b16-14+. The minimum Gasteiger partial charge on any atom is -0.297 e. The molecule has 2 aromatic carbocycles. The Morgan fingerprint density at radius 3 is 2.47 bits per heavy atom. The van der Waals surface area contributed by atoms with E-state index in [1.807, 2.05) is 37.3 Å². The molecule has 0 radical (unpaired) electrons. The highest BCUT2D eigenvalue weighted by atomic mass is 32.2. The van der Waals surface area contributed by atoms with Crippen molar-refractivity contribution in [3.05, 3.63) is 76.3 Å². The summed E-state index contributed by atoms with van der Waals surface area (Å²) < 4.78 is 27.2. The van der Waals surface area contributed by atoms with Crippen LogP contribution in [0.3, 0.4) is 0 Å². The molecule has 1 heterocycles. The Balaban J connectivity index is 1.53. The summed E-state index contributed by atoms with van der Waals surface area (Å²) in [4.78, 5) is 12.5. The fourth-order valence-electron chi connectivity index (χ4n) is 2.56. The summed E-state index contributed by atoms with van der Waals surface area (Å²) in [6.07, 6.45) is 2.16. The van der Waals surface area contributed by atoms with Gasteiger partial charge in [-0.05, 0) is 37.6 Å². The van der Waals surface area contributed by atoms with E-state index in [4.69, 9.17) is 0 Å². The van der Waals surface area contributed by atoms with Gasteiger partial charge in [0.15, 0.2) is 0 Å². The predicted molar refractivity (Wildman–Crippen MR) is 119 cm³/mol. The van der Waals surface area contributed by atoms with E-state index >= 15 is 0 Å². The number of aryl methyl sites for hydroxylation is 1. The Morgan fingerprint density at radius 1 is 1.07 bits per heavy atom. The molecule has 30 heavy (non-hydrogen) atoms. The molecule has 0 aliphatic heterocycles. The highest BCUT2D eigenvalue weighted by molar-refractivity contribution is 7.89. The van der Waals surface area contributed by atoms with Gasteiger partial charge < -0.3 is 0 Å². The zero-order chi connectivity index (χ0) is 21.6. The first-order valence-electron chi connectivity index (χ1n) is 9.27. The van der Waals surface area contributed by atoms with E-state index in [0.717, 1.165) is 11.1 Å². The number of carbonyl (C=O) groups is 1. The third-order valence-electron chi connectivity index (χ3n) is 4.19. The summed E-state index contributed by atoms with van der Waals surface area (Å²) in [6, 6.07) is 16.2. The van der Waals surface area contributed by atoms with E-state index in [2.05, 4.69) is 20.2 Å². The number of rotatable bonds is 8. The van der Waals surface area contributed by atoms with E-state index in [0.29, 0.717) is 22.1 Å². The number of anilines is 1. The number of carbonyl (C=O) groups excluding carboxylic acids is 1. The maximum absolute atomic E-state index is 12.3. The van der Waals surface area contributed by atoms with Gasteiger partial charge in [-0.2, -0.15) is 0 Å². The lowest BCUT2D eigenvalue weighted by Crippen LogP contribution is -2.25. The van der Waals surface area contributed by atoms with Crippen LogP contribution in [0.1, 0.15) is 23.1 Å². The minimum atomic E-state index is -3.57. The number of hydrogen-bond donors (Lipinski definition) is 2. The van der Waals surface area contributed by atoms with Crippen LogP contribution in [0.2, 0.25) is 0 Å².